The number of aliphatic hydroxyl groups is 1. The number of fused-ring (bicyclic) bond motifs is 1. The van der Waals surface area contributed by atoms with Crippen molar-refractivity contribution in [1.82, 2.24) is 14.6 Å². The minimum Gasteiger partial charge on any atom is -0.463 e. The van der Waals surface area contributed by atoms with E-state index in [0.717, 1.165) is 0 Å². The van der Waals surface area contributed by atoms with Crippen molar-refractivity contribution in [1.29, 1.82) is 0 Å². The van der Waals surface area contributed by atoms with Crippen molar-refractivity contribution in [2.75, 3.05) is 12.3 Å². The molecule has 1 aliphatic rings. The largest absolute Gasteiger partial charge is 0.463 e. The third-order valence-corrected chi connectivity index (χ3v) is 5.05. The van der Waals surface area contributed by atoms with Crippen LogP contribution in [0.2, 0.25) is 0 Å². The molecule has 3 rings (SSSR count). The Morgan fingerprint density at radius 3 is 2.79 bits per heavy atom. The number of carbonyl (C=O) groups excluding carboxylic acids is 2. The Hall–Kier alpha value is -2.72. The minimum absolute atomic E-state index is 0.157. The number of nitrogens with two attached hydrogens (primary N) is 1. The van der Waals surface area contributed by atoms with Crippen LogP contribution in [0.25, 0.3) is 5.52 Å². The number of rotatable bonds is 6. The van der Waals surface area contributed by atoms with Gasteiger partial charge in [0.05, 0.1) is 11.6 Å². The molecule has 10 heteroatoms. The molecule has 2 aromatic rings. The van der Waals surface area contributed by atoms with Gasteiger partial charge < -0.3 is 25.1 Å². The van der Waals surface area contributed by atoms with Gasteiger partial charge in [-0.2, -0.15) is 5.10 Å². The van der Waals surface area contributed by atoms with Crippen LogP contribution in [0.4, 0.5) is 5.82 Å². The normalized spacial score (nSPS) is 26.8. The second kappa shape index (κ2) is 7.96. The van der Waals surface area contributed by atoms with Crippen molar-refractivity contribution < 1.29 is 28.9 Å². The molecule has 158 valence electrons. The molecule has 4 atom stereocenters. The van der Waals surface area contributed by atoms with E-state index in [0.29, 0.717) is 11.2 Å². The van der Waals surface area contributed by atoms with Gasteiger partial charge in [-0.05, 0) is 19.1 Å². The zero-order valence-electron chi connectivity index (χ0n) is 16.9. The highest BCUT2D eigenvalue weighted by molar-refractivity contribution is 5.72. The summed E-state index contributed by atoms with van der Waals surface area (Å²) in [5, 5.41) is 15.3. The third-order valence-electron chi connectivity index (χ3n) is 5.05. The molecule has 3 heterocycles. The minimum atomic E-state index is -1.29. The van der Waals surface area contributed by atoms with Gasteiger partial charge >= 0.3 is 11.9 Å². The van der Waals surface area contributed by atoms with Crippen molar-refractivity contribution in [2.24, 2.45) is 5.92 Å². The van der Waals surface area contributed by atoms with Crippen LogP contribution in [0.5, 0.6) is 0 Å². The van der Waals surface area contributed by atoms with Crippen LogP contribution >= 0.6 is 0 Å². The topological polar surface area (TPSA) is 138 Å². The highest BCUT2D eigenvalue weighted by Crippen LogP contribution is 2.42. The number of esters is 2. The van der Waals surface area contributed by atoms with Crippen LogP contribution in [-0.4, -0.2) is 56.6 Å². The maximum atomic E-state index is 12.2. The Morgan fingerprint density at radius 1 is 1.41 bits per heavy atom. The Balaban J connectivity index is 1.96. The lowest BCUT2D eigenvalue weighted by Gasteiger charge is -2.27. The van der Waals surface area contributed by atoms with Crippen LogP contribution < -0.4 is 5.73 Å². The van der Waals surface area contributed by atoms with Crippen LogP contribution in [0.3, 0.4) is 0 Å². The first-order valence-electron chi connectivity index (χ1n) is 9.49. The number of carbonyl (C=O) groups is 2. The van der Waals surface area contributed by atoms with Crippen LogP contribution in [0.15, 0.2) is 18.5 Å². The summed E-state index contributed by atoms with van der Waals surface area (Å²) in [4.78, 5) is 27.8. The van der Waals surface area contributed by atoms with Gasteiger partial charge in [0.2, 0.25) is 0 Å². The number of hydrogen-bond donors (Lipinski definition) is 2. The van der Waals surface area contributed by atoms with E-state index in [4.69, 9.17) is 19.9 Å². The van der Waals surface area contributed by atoms with E-state index < -0.39 is 41.8 Å². The van der Waals surface area contributed by atoms with Crippen molar-refractivity contribution >= 4 is 23.3 Å². The van der Waals surface area contributed by atoms with E-state index in [9.17, 15) is 14.7 Å². The molecule has 0 amide bonds. The van der Waals surface area contributed by atoms with E-state index >= 15 is 0 Å². The second-order valence-electron chi connectivity index (χ2n) is 7.46. The van der Waals surface area contributed by atoms with Gasteiger partial charge in [0.1, 0.15) is 36.3 Å². The average Bonchev–Trinajstić information content (AvgIpc) is 3.23. The predicted octanol–water partition coefficient (Wildman–Crippen LogP) is 0.807. The molecular formula is C19H26N4O6. The van der Waals surface area contributed by atoms with E-state index in [1.165, 1.54) is 10.8 Å². The van der Waals surface area contributed by atoms with Crippen LogP contribution in [0, 0.1) is 5.92 Å². The predicted molar refractivity (Wildman–Crippen MR) is 102 cm³/mol. The van der Waals surface area contributed by atoms with Crippen LogP contribution in [-0.2, 0) is 29.4 Å². The molecular weight excluding hydrogens is 380 g/mol. The maximum absolute atomic E-state index is 12.2. The molecule has 3 N–H and O–H groups in total. The molecule has 2 aromatic heterocycles. The van der Waals surface area contributed by atoms with Crippen molar-refractivity contribution in [3.63, 3.8) is 0 Å². The smallest absolute Gasteiger partial charge is 0.308 e. The summed E-state index contributed by atoms with van der Waals surface area (Å²) in [6, 6.07) is 3.43. The zero-order chi connectivity index (χ0) is 21.3. The van der Waals surface area contributed by atoms with Gasteiger partial charge in [-0.25, -0.2) is 9.50 Å². The fraction of sp³-hybridized carbons (Fsp3) is 0.579. The summed E-state index contributed by atoms with van der Waals surface area (Å²) in [7, 11) is 0. The van der Waals surface area contributed by atoms with E-state index in [2.05, 4.69) is 10.1 Å². The molecule has 0 unspecified atom stereocenters. The zero-order valence-corrected chi connectivity index (χ0v) is 16.9. The first kappa shape index (κ1) is 21.0. The van der Waals surface area contributed by atoms with E-state index in [1.54, 1.807) is 39.8 Å². The van der Waals surface area contributed by atoms with Gasteiger partial charge in [-0.15, -0.1) is 0 Å². The number of nitrogens with zero attached hydrogens (tertiary/aromatic N) is 3. The van der Waals surface area contributed by atoms with Gasteiger partial charge in [0.25, 0.3) is 0 Å². The molecule has 1 aliphatic heterocycles. The van der Waals surface area contributed by atoms with Crippen molar-refractivity contribution in [3.8, 4) is 0 Å². The van der Waals surface area contributed by atoms with Gasteiger partial charge in [0, 0.05) is 6.42 Å². The second-order valence-corrected chi connectivity index (χ2v) is 7.46. The quantitative estimate of drug-likeness (QED) is 0.667. The first-order valence-corrected chi connectivity index (χ1v) is 9.49. The van der Waals surface area contributed by atoms with Gasteiger partial charge in [0.15, 0.2) is 11.9 Å². The molecule has 0 aromatic carbocycles. The van der Waals surface area contributed by atoms with Crippen molar-refractivity contribution in [2.45, 2.75) is 58.0 Å². The highest BCUT2D eigenvalue weighted by atomic mass is 16.6. The third kappa shape index (κ3) is 3.77. The molecule has 1 fully saturated rings. The van der Waals surface area contributed by atoms with Gasteiger partial charge in [-0.1, -0.05) is 20.8 Å². The molecule has 0 aliphatic carbocycles. The maximum Gasteiger partial charge on any atom is 0.308 e. The summed E-state index contributed by atoms with van der Waals surface area (Å²) in [5.41, 5.74) is 5.66. The molecule has 0 saturated carbocycles. The highest BCUT2D eigenvalue weighted by Gasteiger charge is 2.56. The summed E-state index contributed by atoms with van der Waals surface area (Å²) >= 11 is 0. The summed E-state index contributed by atoms with van der Waals surface area (Å²) in [6.45, 7) is 6.56. The molecule has 1 saturated heterocycles. The Kier molecular flexibility index (Phi) is 5.76. The summed E-state index contributed by atoms with van der Waals surface area (Å²) in [5.74, 6) is -1.02. The van der Waals surface area contributed by atoms with Crippen molar-refractivity contribution in [3.05, 3.63) is 24.2 Å². The lowest BCUT2D eigenvalue weighted by molar-refractivity contribution is -0.163. The Labute approximate surface area is 167 Å². The number of anilines is 1. The lowest BCUT2D eigenvalue weighted by atomic mass is 9.93. The average molecular weight is 406 g/mol. The molecule has 0 spiro atoms. The summed E-state index contributed by atoms with van der Waals surface area (Å²) < 4.78 is 18.4. The SMILES string of the molecule is CCC(=O)OC[C@H]1O[C@@](C)(c2ccc3c(N)ncnn23)[C@H](O)[C@@H]1OC(=O)C(C)C. The Bertz CT molecular complexity index is 913. The Morgan fingerprint density at radius 2 is 2.14 bits per heavy atom. The number of aliphatic hydroxyl groups excluding tert-OH is 1. The van der Waals surface area contributed by atoms with Gasteiger partial charge in [-0.3, -0.25) is 9.59 Å². The van der Waals surface area contributed by atoms with Crippen LogP contribution in [0.1, 0.15) is 39.8 Å². The fourth-order valence-electron chi connectivity index (χ4n) is 3.33. The number of aromatic nitrogens is 3. The summed E-state index contributed by atoms with van der Waals surface area (Å²) in [6.07, 6.45) is -1.61. The standard InChI is InChI=1S/C19H26N4O6/c1-5-14(24)27-8-12-15(28-18(26)10(2)3)16(25)19(4,29-12)13-7-6-11-17(20)21-9-22-23(11)13/h6-7,9-10,12,15-16,25H,5,8H2,1-4H3,(H2,20,21,22)/t12-,15-,16-,19+/m1/s1. The molecule has 10 nitrogen and oxygen atoms in total. The lowest BCUT2D eigenvalue weighted by Crippen LogP contribution is -2.42. The molecule has 0 bridgehead atoms. The first-order chi connectivity index (χ1) is 13.7. The fourth-order valence-corrected chi connectivity index (χ4v) is 3.33. The number of ether oxygens (including phenoxy) is 3. The molecule has 29 heavy (non-hydrogen) atoms. The van der Waals surface area contributed by atoms with E-state index in [1.807, 2.05) is 0 Å². The number of nitrogen functional groups attached to an aromatic ring is 1. The monoisotopic (exact) mass is 406 g/mol. The molecule has 0 radical (unpaired) electrons. The van der Waals surface area contributed by atoms with E-state index in [-0.39, 0.29) is 18.8 Å². The number of hydrogen-bond acceptors (Lipinski definition) is 9.